The number of carbonyl (C=O) groups excluding carboxylic acids is 2. The number of amides is 1. The predicted octanol–water partition coefficient (Wildman–Crippen LogP) is 3.48. The molecule has 2 aromatic rings. The summed E-state index contributed by atoms with van der Waals surface area (Å²) < 4.78 is 5.05. The summed E-state index contributed by atoms with van der Waals surface area (Å²) in [6.07, 6.45) is 0. The Hall–Kier alpha value is -2.62. The number of rotatable bonds is 3. The highest BCUT2D eigenvalue weighted by molar-refractivity contribution is 6.06. The van der Waals surface area contributed by atoms with Crippen LogP contribution in [0, 0.1) is 13.8 Å². The number of anilines is 1. The quantitative estimate of drug-likeness (QED) is 0.693. The van der Waals surface area contributed by atoms with Crippen molar-refractivity contribution in [3.05, 3.63) is 59.2 Å². The summed E-state index contributed by atoms with van der Waals surface area (Å²) in [6, 6.07) is 12.3. The Kier molecular flexibility index (Phi) is 4.38. The van der Waals surface area contributed by atoms with Gasteiger partial charge in [0.2, 0.25) is 0 Å². The molecule has 2 aromatic carbocycles. The Bertz CT molecular complexity index is 692. The number of ether oxygens (including phenoxy) is 1. The summed E-state index contributed by atoms with van der Waals surface area (Å²) >= 11 is 0. The summed E-state index contributed by atoms with van der Waals surface area (Å²) in [6.45, 7) is 5.30. The molecule has 0 aliphatic carbocycles. The van der Waals surface area contributed by atoms with Gasteiger partial charge in [-0.15, -0.1) is 0 Å². The highest BCUT2D eigenvalue weighted by atomic mass is 16.5. The summed E-state index contributed by atoms with van der Waals surface area (Å²) in [5, 5.41) is 2.81. The zero-order valence-electron chi connectivity index (χ0n) is 12.3. The topological polar surface area (TPSA) is 55.4 Å². The Labute approximate surface area is 123 Å². The molecule has 0 fully saturated rings. The van der Waals surface area contributed by atoms with Crippen LogP contribution in [0.1, 0.15) is 28.4 Å². The molecule has 0 spiro atoms. The number of carbonyl (C=O) groups is 2. The number of hydrogen-bond acceptors (Lipinski definition) is 3. The van der Waals surface area contributed by atoms with E-state index in [1.807, 2.05) is 32.0 Å². The second kappa shape index (κ2) is 6.22. The summed E-state index contributed by atoms with van der Waals surface area (Å²) in [7, 11) is 0. The second-order valence-corrected chi connectivity index (χ2v) is 4.84. The van der Waals surface area contributed by atoms with Gasteiger partial charge >= 0.3 is 5.97 Å². The van der Waals surface area contributed by atoms with E-state index in [0.717, 1.165) is 11.1 Å². The fourth-order valence-electron chi connectivity index (χ4n) is 1.92. The summed E-state index contributed by atoms with van der Waals surface area (Å²) in [4.78, 5) is 23.4. The van der Waals surface area contributed by atoms with E-state index in [0.29, 0.717) is 11.3 Å². The summed E-state index contributed by atoms with van der Waals surface area (Å²) in [5.41, 5.74) is 3.29. The Morgan fingerprint density at radius 2 is 1.71 bits per heavy atom. The minimum Gasteiger partial charge on any atom is -0.426 e. The molecule has 0 bridgehead atoms. The monoisotopic (exact) mass is 283 g/mol. The molecule has 1 N–H and O–H groups in total. The van der Waals surface area contributed by atoms with Gasteiger partial charge in [0.25, 0.3) is 5.91 Å². The standard InChI is InChI=1S/C17H17NO3/c1-11-8-9-14(10-12(11)2)18-17(20)15-6-4-5-7-16(15)21-13(3)19/h4-10H,1-3H3,(H,18,20). The molecule has 4 heteroatoms. The molecule has 0 heterocycles. The molecule has 0 radical (unpaired) electrons. The largest absolute Gasteiger partial charge is 0.426 e. The van der Waals surface area contributed by atoms with Gasteiger partial charge in [0.05, 0.1) is 5.56 Å². The van der Waals surface area contributed by atoms with Crippen molar-refractivity contribution in [1.29, 1.82) is 0 Å². The van der Waals surface area contributed by atoms with Gasteiger partial charge in [0.15, 0.2) is 0 Å². The number of esters is 1. The average Bonchev–Trinajstić information content (AvgIpc) is 2.43. The third-order valence-corrected chi connectivity index (χ3v) is 3.15. The molecule has 0 saturated heterocycles. The van der Waals surface area contributed by atoms with Crippen LogP contribution in [0.3, 0.4) is 0 Å². The van der Waals surface area contributed by atoms with E-state index in [9.17, 15) is 9.59 Å². The van der Waals surface area contributed by atoms with Crippen LogP contribution >= 0.6 is 0 Å². The molecular weight excluding hydrogens is 266 g/mol. The van der Waals surface area contributed by atoms with Gasteiger partial charge in [-0.3, -0.25) is 9.59 Å². The molecule has 21 heavy (non-hydrogen) atoms. The lowest BCUT2D eigenvalue weighted by molar-refractivity contribution is -0.131. The van der Waals surface area contributed by atoms with Crippen LogP contribution in [0.5, 0.6) is 5.75 Å². The van der Waals surface area contributed by atoms with Crippen LogP contribution in [0.2, 0.25) is 0 Å². The van der Waals surface area contributed by atoms with E-state index in [1.165, 1.54) is 6.92 Å². The lowest BCUT2D eigenvalue weighted by Crippen LogP contribution is -2.15. The SMILES string of the molecule is CC(=O)Oc1ccccc1C(=O)Nc1ccc(C)c(C)c1. The van der Waals surface area contributed by atoms with Crippen LogP contribution in [-0.4, -0.2) is 11.9 Å². The number of aryl methyl sites for hydroxylation is 2. The highest BCUT2D eigenvalue weighted by Gasteiger charge is 2.13. The normalized spacial score (nSPS) is 10.0. The molecule has 0 atom stereocenters. The zero-order valence-corrected chi connectivity index (χ0v) is 12.3. The van der Waals surface area contributed by atoms with Crippen LogP contribution in [-0.2, 0) is 4.79 Å². The maximum atomic E-state index is 12.3. The molecule has 0 aliphatic rings. The second-order valence-electron chi connectivity index (χ2n) is 4.84. The van der Waals surface area contributed by atoms with Crippen molar-refractivity contribution < 1.29 is 14.3 Å². The zero-order chi connectivity index (χ0) is 15.4. The molecule has 108 valence electrons. The van der Waals surface area contributed by atoms with Crippen molar-refractivity contribution in [2.24, 2.45) is 0 Å². The molecule has 0 aliphatic heterocycles. The average molecular weight is 283 g/mol. The third-order valence-electron chi connectivity index (χ3n) is 3.15. The van der Waals surface area contributed by atoms with Gasteiger partial charge < -0.3 is 10.1 Å². The fourth-order valence-corrected chi connectivity index (χ4v) is 1.92. The van der Waals surface area contributed by atoms with E-state index in [1.54, 1.807) is 24.3 Å². The minimum atomic E-state index is -0.457. The first-order chi connectivity index (χ1) is 9.97. The minimum absolute atomic E-state index is 0.256. The van der Waals surface area contributed by atoms with E-state index < -0.39 is 5.97 Å². The Morgan fingerprint density at radius 1 is 1.00 bits per heavy atom. The van der Waals surface area contributed by atoms with Crippen molar-refractivity contribution in [2.75, 3.05) is 5.32 Å². The smallest absolute Gasteiger partial charge is 0.308 e. The highest BCUT2D eigenvalue weighted by Crippen LogP contribution is 2.21. The van der Waals surface area contributed by atoms with Crippen molar-refractivity contribution in [2.45, 2.75) is 20.8 Å². The van der Waals surface area contributed by atoms with Gasteiger partial charge in [0.1, 0.15) is 5.75 Å². The lowest BCUT2D eigenvalue weighted by atomic mass is 10.1. The van der Waals surface area contributed by atoms with Gasteiger partial charge in [0, 0.05) is 12.6 Å². The molecular formula is C17H17NO3. The molecule has 0 saturated carbocycles. The van der Waals surface area contributed by atoms with E-state index in [4.69, 9.17) is 4.74 Å². The number of para-hydroxylation sites is 1. The van der Waals surface area contributed by atoms with Crippen LogP contribution in [0.25, 0.3) is 0 Å². The van der Waals surface area contributed by atoms with Crippen molar-refractivity contribution >= 4 is 17.6 Å². The van der Waals surface area contributed by atoms with Gasteiger partial charge in [-0.2, -0.15) is 0 Å². The lowest BCUT2D eigenvalue weighted by Gasteiger charge is -2.10. The maximum Gasteiger partial charge on any atom is 0.308 e. The molecule has 2 rings (SSSR count). The van der Waals surface area contributed by atoms with Crippen LogP contribution in [0.15, 0.2) is 42.5 Å². The number of hydrogen-bond donors (Lipinski definition) is 1. The third kappa shape index (κ3) is 3.69. The first-order valence-electron chi connectivity index (χ1n) is 6.63. The first-order valence-corrected chi connectivity index (χ1v) is 6.63. The van der Waals surface area contributed by atoms with Crippen molar-refractivity contribution in [3.63, 3.8) is 0 Å². The molecule has 1 amide bonds. The van der Waals surface area contributed by atoms with Crippen LogP contribution in [0.4, 0.5) is 5.69 Å². The molecule has 0 unspecified atom stereocenters. The van der Waals surface area contributed by atoms with Crippen LogP contribution < -0.4 is 10.1 Å². The Morgan fingerprint density at radius 3 is 2.38 bits per heavy atom. The molecule has 4 nitrogen and oxygen atoms in total. The van der Waals surface area contributed by atoms with Gasteiger partial charge in [-0.05, 0) is 49.2 Å². The number of nitrogens with one attached hydrogen (secondary N) is 1. The molecule has 0 aromatic heterocycles. The van der Waals surface area contributed by atoms with E-state index in [-0.39, 0.29) is 11.7 Å². The van der Waals surface area contributed by atoms with E-state index in [2.05, 4.69) is 5.32 Å². The predicted molar refractivity (Wildman–Crippen MR) is 81.6 cm³/mol. The first kappa shape index (κ1) is 14.8. The summed E-state index contributed by atoms with van der Waals surface area (Å²) in [5.74, 6) is -0.511. The maximum absolute atomic E-state index is 12.3. The number of benzene rings is 2. The fraction of sp³-hybridized carbons (Fsp3) is 0.176. The van der Waals surface area contributed by atoms with Gasteiger partial charge in [-0.1, -0.05) is 18.2 Å². The van der Waals surface area contributed by atoms with Crippen molar-refractivity contribution in [3.8, 4) is 5.75 Å². The van der Waals surface area contributed by atoms with Crippen molar-refractivity contribution in [1.82, 2.24) is 0 Å². The Balaban J connectivity index is 2.24. The van der Waals surface area contributed by atoms with Gasteiger partial charge in [-0.25, -0.2) is 0 Å². The van der Waals surface area contributed by atoms with E-state index >= 15 is 0 Å².